The zero-order valence-corrected chi connectivity index (χ0v) is 20.6. The van der Waals surface area contributed by atoms with Gasteiger partial charge in [0.05, 0.1) is 0 Å². The van der Waals surface area contributed by atoms with Crippen LogP contribution in [0.3, 0.4) is 0 Å². The Bertz CT molecular complexity index is 839. The maximum absolute atomic E-state index is 11.5. The zero-order chi connectivity index (χ0) is 27.7. The molecule has 0 radical (unpaired) electrons. The molecule has 16 nitrogen and oxygen atoms in total. The van der Waals surface area contributed by atoms with Crippen LogP contribution in [0.25, 0.3) is 0 Å². The van der Waals surface area contributed by atoms with Gasteiger partial charge in [-0.15, -0.1) is 0 Å². The first-order valence-electron chi connectivity index (χ1n) is 10.4. The Labute approximate surface area is 205 Å². The lowest BCUT2D eigenvalue weighted by molar-refractivity contribution is -0.183. The smallest absolute Gasteiger partial charge is 0.304 e. The summed E-state index contributed by atoms with van der Waals surface area (Å²) < 4.78 is 19.6. The maximum Gasteiger partial charge on any atom is 0.304 e. The standard InChI is InChI=1S/C11H16N2O6.C9H12N2O6/c1-6(14)12-5-13(7(2)15)11(19-9(4)17)10(12)18-8(3)16;1-6(14)16-8-9(17-7(2)15)11(5-13)3-10(8)4-12/h10-11H,5H2,1-4H3;4-5,8-9H,3H2,1-2H3. The predicted octanol–water partition coefficient (Wildman–Crippen LogP) is -1.91. The fraction of sp³-hybridized carbons (Fsp3) is 0.600. The van der Waals surface area contributed by atoms with E-state index in [2.05, 4.69) is 0 Å². The molecule has 0 aliphatic carbocycles. The molecular formula is C20H28N4O12. The van der Waals surface area contributed by atoms with Crippen LogP contribution in [0.5, 0.6) is 0 Å². The summed E-state index contributed by atoms with van der Waals surface area (Å²) in [5, 5.41) is 0. The van der Waals surface area contributed by atoms with Gasteiger partial charge in [0.1, 0.15) is 13.3 Å². The third-order valence-corrected chi connectivity index (χ3v) is 4.61. The van der Waals surface area contributed by atoms with Crippen molar-refractivity contribution in [3.05, 3.63) is 0 Å². The number of hydrogen-bond acceptors (Lipinski definition) is 12. The van der Waals surface area contributed by atoms with Crippen LogP contribution in [0.2, 0.25) is 0 Å². The highest BCUT2D eigenvalue weighted by Crippen LogP contribution is 2.24. The lowest BCUT2D eigenvalue weighted by Gasteiger charge is -2.25. The molecule has 0 aromatic rings. The Morgan fingerprint density at radius 3 is 1.03 bits per heavy atom. The topological polar surface area (TPSA) is 186 Å². The summed E-state index contributed by atoms with van der Waals surface area (Å²) in [7, 11) is 0. The molecule has 0 aromatic heterocycles. The monoisotopic (exact) mass is 516 g/mol. The molecule has 0 spiro atoms. The van der Waals surface area contributed by atoms with E-state index in [4.69, 9.17) is 18.9 Å². The lowest BCUT2D eigenvalue weighted by atomic mass is 10.4. The first kappa shape index (κ1) is 29.8. The molecule has 4 unspecified atom stereocenters. The molecule has 2 fully saturated rings. The Balaban J connectivity index is 0.000000362. The molecule has 200 valence electrons. The Morgan fingerprint density at radius 2 is 0.806 bits per heavy atom. The third kappa shape index (κ3) is 7.92. The van der Waals surface area contributed by atoms with Crippen molar-refractivity contribution in [2.75, 3.05) is 13.3 Å². The summed E-state index contributed by atoms with van der Waals surface area (Å²) in [5.74, 6) is -3.37. The number of esters is 4. The third-order valence-electron chi connectivity index (χ3n) is 4.61. The second-order valence-electron chi connectivity index (χ2n) is 7.50. The van der Waals surface area contributed by atoms with E-state index in [-0.39, 0.29) is 13.3 Å². The second kappa shape index (κ2) is 13.0. The Hall–Kier alpha value is -4.24. The van der Waals surface area contributed by atoms with Gasteiger partial charge in [-0.2, -0.15) is 0 Å². The van der Waals surface area contributed by atoms with Gasteiger partial charge in [0, 0.05) is 41.5 Å². The van der Waals surface area contributed by atoms with E-state index < -0.39 is 60.6 Å². The van der Waals surface area contributed by atoms with Gasteiger partial charge in [-0.25, -0.2) is 0 Å². The van der Waals surface area contributed by atoms with Gasteiger partial charge in [0.2, 0.25) is 49.5 Å². The maximum atomic E-state index is 11.5. The van der Waals surface area contributed by atoms with Crippen molar-refractivity contribution in [1.29, 1.82) is 0 Å². The first-order valence-corrected chi connectivity index (χ1v) is 10.4. The largest absolute Gasteiger partial charge is 0.435 e. The lowest BCUT2D eigenvalue weighted by Crippen LogP contribution is -2.45. The molecule has 36 heavy (non-hydrogen) atoms. The molecule has 2 heterocycles. The molecule has 2 aliphatic rings. The molecule has 0 N–H and O–H groups in total. The van der Waals surface area contributed by atoms with Crippen LogP contribution >= 0.6 is 0 Å². The molecule has 0 aromatic carbocycles. The van der Waals surface area contributed by atoms with Crippen LogP contribution in [0.15, 0.2) is 0 Å². The number of nitrogens with zero attached hydrogens (tertiary/aromatic N) is 4. The van der Waals surface area contributed by atoms with Crippen molar-refractivity contribution in [1.82, 2.24) is 19.6 Å². The van der Waals surface area contributed by atoms with Crippen molar-refractivity contribution in [2.45, 2.75) is 66.5 Å². The minimum atomic E-state index is -1.12. The minimum absolute atomic E-state index is 0.0967. The van der Waals surface area contributed by atoms with E-state index in [1.54, 1.807) is 0 Å². The molecule has 0 bridgehead atoms. The molecule has 2 aliphatic heterocycles. The highest BCUT2D eigenvalue weighted by atomic mass is 16.6. The average molecular weight is 516 g/mol. The molecule has 16 heteroatoms. The summed E-state index contributed by atoms with van der Waals surface area (Å²) in [5.41, 5.74) is 0. The van der Waals surface area contributed by atoms with Gasteiger partial charge in [-0.1, -0.05) is 0 Å². The van der Waals surface area contributed by atoms with Gasteiger partial charge in [0.25, 0.3) is 0 Å². The van der Waals surface area contributed by atoms with E-state index >= 15 is 0 Å². The molecule has 2 saturated heterocycles. The van der Waals surface area contributed by atoms with Crippen molar-refractivity contribution in [3.63, 3.8) is 0 Å². The number of rotatable bonds is 6. The molecule has 4 amide bonds. The molecule has 0 saturated carbocycles. The van der Waals surface area contributed by atoms with E-state index in [0.717, 1.165) is 33.4 Å². The van der Waals surface area contributed by atoms with Crippen LogP contribution in [0.4, 0.5) is 0 Å². The fourth-order valence-electron chi connectivity index (χ4n) is 3.23. The fourth-order valence-corrected chi connectivity index (χ4v) is 3.23. The number of amides is 4. The highest BCUT2D eigenvalue weighted by Gasteiger charge is 2.47. The first-order chi connectivity index (χ1) is 16.7. The van der Waals surface area contributed by atoms with Gasteiger partial charge in [-0.3, -0.25) is 58.0 Å². The summed E-state index contributed by atoms with van der Waals surface area (Å²) in [4.78, 5) is 92.8. The van der Waals surface area contributed by atoms with Crippen LogP contribution < -0.4 is 0 Å². The van der Waals surface area contributed by atoms with Crippen LogP contribution in [0.1, 0.15) is 41.5 Å². The molecule has 2 rings (SSSR count). The summed E-state index contributed by atoms with van der Waals surface area (Å²) >= 11 is 0. The number of carbonyl (C=O) groups is 8. The zero-order valence-electron chi connectivity index (χ0n) is 20.6. The minimum Gasteiger partial charge on any atom is -0.435 e. The van der Waals surface area contributed by atoms with E-state index in [0.29, 0.717) is 12.8 Å². The number of carbonyl (C=O) groups excluding carboxylic acids is 8. The van der Waals surface area contributed by atoms with E-state index in [1.165, 1.54) is 27.7 Å². The van der Waals surface area contributed by atoms with Crippen LogP contribution in [-0.4, -0.2) is 106 Å². The normalized spacial score (nSPS) is 22.6. The Morgan fingerprint density at radius 1 is 0.528 bits per heavy atom. The molecular weight excluding hydrogens is 488 g/mol. The van der Waals surface area contributed by atoms with Crippen LogP contribution in [0, 0.1) is 0 Å². The van der Waals surface area contributed by atoms with Crippen LogP contribution in [-0.2, 0) is 57.3 Å². The van der Waals surface area contributed by atoms with E-state index in [1.807, 2.05) is 0 Å². The SMILES string of the molecule is CC(=O)OC1C(OC(C)=O)N(C(C)=O)CN1C(C)=O.CC(=O)OC1C(OC(C)=O)N(C=O)CN1C=O. The van der Waals surface area contributed by atoms with Gasteiger partial charge in [-0.05, 0) is 0 Å². The summed E-state index contributed by atoms with van der Waals surface area (Å²) in [6.45, 7) is 6.97. The summed E-state index contributed by atoms with van der Waals surface area (Å²) in [6, 6.07) is 0. The summed E-state index contributed by atoms with van der Waals surface area (Å²) in [6.07, 6.45) is -3.65. The van der Waals surface area contributed by atoms with Gasteiger partial charge in [0.15, 0.2) is 0 Å². The van der Waals surface area contributed by atoms with Crippen molar-refractivity contribution >= 4 is 48.5 Å². The van der Waals surface area contributed by atoms with E-state index in [9.17, 15) is 38.4 Å². The second-order valence-corrected chi connectivity index (χ2v) is 7.50. The highest BCUT2D eigenvalue weighted by molar-refractivity contribution is 5.79. The molecule has 4 atom stereocenters. The van der Waals surface area contributed by atoms with Crippen molar-refractivity contribution in [3.8, 4) is 0 Å². The Kier molecular flexibility index (Phi) is 10.8. The number of hydrogen-bond donors (Lipinski definition) is 0. The number of ether oxygens (including phenoxy) is 4. The average Bonchev–Trinajstić information content (AvgIpc) is 3.25. The van der Waals surface area contributed by atoms with Crippen molar-refractivity contribution < 1.29 is 57.3 Å². The predicted molar refractivity (Wildman–Crippen MR) is 113 cm³/mol. The van der Waals surface area contributed by atoms with Gasteiger partial charge >= 0.3 is 23.9 Å². The van der Waals surface area contributed by atoms with Gasteiger partial charge < -0.3 is 18.9 Å². The quantitative estimate of drug-likeness (QED) is 0.217. The van der Waals surface area contributed by atoms with Crippen molar-refractivity contribution in [2.24, 2.45) is 0 Å².